The molecule has 5 nitrogen and oxygen atoms in total. The van der Waals surface area contributed by atoms with Crippen LogP contribution in [0, 0.1) is 0 Å². The Balaban J connectivity index is 1.78. The first-order chi connectivity index (χ1) is 16.7. The lowest BCUT2D eigenvalue weighted by molar-refractivity contribution is 0.193. The van der Waals surface area contributed by atoms with Crippen molar-refractivity contribution in [3.05, 3.63) is 126 Å². The largest absolute Gasteiger partial charge is 0.497 e. The molecule has 0 fully saturated rings. The van der Waals surface area contributed by atoms with Gasteiger partial charge in [-0.1, -0.05) is 84.9 Å². The SMILES string of the molecule is COc1cccc(NC(=O)N(Cc2ccccc2OC)C(c2ccccc2)c2ccccc2)c1. The number of para-hydroxylation sites is 1. The topological polar surface area (TPSA) is 50.8 Å². The maximum atomic E-state index is 13.8. The second-order valence-corrected chi connectivity index (χ2v) is 7.83. The fraction of sp³-hybridized carbons (Fsp3) is 0.138. The number of anilines is 1. The molecule has 0 saturated carbocycles. The summed E-state index contributed by atoms with van der Waals surface area (Å²) in [5.74, 6) is 1.42. The Kier molecular flexibility index (Phi) is 7.45. The number of carbonyl (C=O) groups excluding carboxylic acids is 1. The summed E-state index contributed by atoms with van der Waals surface area (Å²) < 4.78 is 10.9. The van der Waals surface area contributed by atoms with Gasteiger partial charge in [0, 0.05) is 17.3 Å². The lowest BCUT2D eigenvalue weighted by atomic mass is 9.96. The average Bonchev–Trinajstić information content (AvgIpc) is 2.90. The van der Waals surface area contributed by atoms with Crippen molar-refractivity contribution in [2.24, 2.45) is 0 Å². The number of urea groups is 1. The number of ether oxygens (including phenoxy) is 2. The summed E-state index contributed by atoms with van der Waals surface area (Å²) in [6, 6.07) is 34.7. The van der Waals surface area contributed by atoms with E-state index in [9.17, 15) is 4.79 Å². The number of nitrogens with one attached hydrogen (secondary N) is 1. The standard InChI is InChI=1S/C29H28N2O3/c1-33-26-18-11-17-25(20-26)30-29(32)31(21-24-16-9-10-19-27(24)34-2)28(22-12-5-3-6-13-22)23-14-7-4-8-15-23/h3-20,28H,21H2,1-2H3,(H,30,32). The Morgan fingerprint density at radius 1 is 0.765 bits per heavy atom. The van der Waals surface area contributed by atoms with Gasteiger partial charge in [-0.3, -0.25) is 0 Å². The molecule has 0 aliphatic rings. The van der Waals surface area contributed by atoms with E-state index in [4.69, 9.17) is 9.47 Å². The maximum Gasteiger partial charge on any atom is 0.322 e. The lowest BCUT2D eigenvalue weighted by Gasteiger charge is -2.33. The van der Waals surface area contributed by atoms with Crippen LogP contribution in [0.3, 0.4) is 0 Å². The van der Waals surface area contributed by atoms with Gasteiger partial charge in [0.05, 0.1) is 26.8 Å². The van der Waals surface area contributed by atoms with E-state index < -0.39 is 0 Å². The molecule has 1 N–H and O–H groups in total. The Hall–Kier alpha value is -4.25. The number of nitrogens with zero attached hydrogens (tertiary/aromatic N) is 1. The van der Waals surface area contributed by atoms with Crippen LogP contribution >= 0.6 is 0 Å². The van der Waals surface area contributed by atoms with Crippen molar-refractivity contribution in [2.45, 2.75) is 12.6 Å². The van der Waals surface area contributed by atoms with Gasteiger partial charge in [0.1, 0.15) is 11.5 Å². The molecule has 0 saturated heterocycles. The summed E-state index contributed by atoms with van der Waals surface area (Å²) in [6.07, 6.45) is 0. The van der Waals surface area contributed by atoms with E-state index in [0.29, 0.717) is 18.0 Å². The third-order valence-corrected chi connectivity index (χ3v) is 5.66. The number of benzene rings is 4. The minimum Gasteiger partial charge on any atom is -0.497 e. The van der Waals surface area contributed by atoms with Crippen LogP contribution in [0.2, 0.25) is 0 Å². The number of methoxy groups -OCH3 is 2. The molecule has 0 aliphatic heterocycles. The van der Waals surface area contributed by atoms with Gasteiger partial charge >= 0.3 is 6.03 Å². The number of rotatable bonds is 8. The molecule has 0 unspecified atom stereocenters. The van der Waals surface area contributed by atoms with Crippen molar-refractivity contribution in [1.82, 2.24) is 4.90 Å². The molecule has 0 aromatic heterocycles. The van der Waals surface area contributed by atoms with Crippen molar-refractivity contribution in [1.29, 1.82) is 0 Å². The van der Waals surface area contributed by atoms with E-state index in [1.54, 1.807) is 20.3 Å². The lowest BCUT2D eigenvalue weighted by Crippen LogP contribution is -2.38. The first-order valence-corrected chi connectivity index (χ1v) is 11.1. The Morgan fingerprint density at radius 3 is 2.00 bits per heavy atom. The molecule has 0 spiro atoms. The third-order valence-electron chi connectivity index (χ3n) is 5.66. The molecule has 2 amide bonds. The monoisotopic (exact) mass is 452 g/mol. The highest BCUT2D eigenvalue weighted by molar-refractivity contribution is 5.90. The van der Waals surface area contributed by atoms with Gasteiger partial charge in [0.25, 0.3) is 0 Å². The van der Waals surface area contributed by atoms with Gasteiger partial charge < -0.3 is 19.7 Å². The highest BCUT2D eigenvalue weighted by Crippen LogP contribution is 2.32. The predicted octanol–water partition coefficient (Wildman–Crippen LogP) is 6.53. The number of carbonyl (C=O) groups is 1. The molecule has 0 atom stereocenters. The third kappa shape index (κ3) is 5.38. The van der Waals surface area contributed by atoms with Gasteiger partial charge in [0.2, 0.25) is 0 Å². The van der Waals surface area contributed by atoms with Crippen molar-refractivity contribution < 1.29 is 14.3 Å². The smallest absolute Gasteiger partial charge is 0.322 e. The molecule has 34 heavy (non-hydrogen) atoms. The molecule has 172 valence electrons. The average molecular weight is 453 g/mol. The van der Waals surface area contributed by atoms with E-state index in [0.717, 1.165) is 22.4 Å². The van der Waals surface area contributed by atoms with Crippen molar-refractivity contribution in [3.8, 4) is 11.5 Å². The zero-order chi connectivity index (χ0) is 23.8. The molecule has 0 aliphatic carbocycles. The van der Waals surface area contributed by atoms with Crippen LogP contribution in [0.1, 0.15) is 22.7 Å². The molecule has 5 heteroatoms. The zero-order valence-electron chi connectivity index (χ0n) is 19.3. The number of amides is 2. The van der Waals surface area contributed by atoms with Gasteiger partial charge in [-0.25, -0.2) is 4.79 Å². The normalized spacial score (nSPS) is 10.6. The fourth-order valence-corrected chi connectivity index (χ4v) is 4.02. The van der Waals surface area contributed by atoms with Crippen molar-refractivity contribution >= 4 is 11.7 Å². The Morgan fingerprint density at radius 2 is 1.38 bits per heavy atom. The van der Waals surface area contributed by atoms with Crippen molar-refractivity contribution in [2.75, 3.05) is 19.5 Å². The minimum atomic E-state index is -0.307. The summed E-state index contributed by atoms with van der Waals surface area (Å²) in [6.45, 7) is 0.355. The van der Waals surface area contributed by atoms with Crippen LogP contribution in [-0.4, -0.2) is 25.2 Å². The van der Waals surface area contributed by atoms with Crippen LogP contribution in [0.5, 0.6) is 11.5 Å². The summed E-state index contributed by atoms with van der Waals surface area (Å²) in [5.41, 5.74) is 3.62. The molecule has 4 aromatic carbocycles. The van der Waals surface area contributed by atoms with Gasteiger partial charge in [0.15, 0.2) is 0 Å². The summed E-state index contributed by atoms with van der Waals surface area (Å²) in [5, 5.41) is 3.06. The van der Waals surface area contributed by atoms with Crippen LogP contribution in [0.15, 0.2) is 109 Å². The highest BCUT2D eigenvalue weighted by Gasteiger charge is 2.28. The zero-order valence-corrected chi connectivity index (χ0v) is 19.3. The summed E-state index contributed by atoms with van der Waals surface area (Å²) >= 11 is 0. The van der Waals surface area contributed by atoms with E-state index in [-0.39, 0.29) is 12.1 Å². The van der Waals surface area contributed by atoms with Crippen LogP contribution in [-0.2, 0) is 6.54 Å². The molecule has 4 aromatic rings. The summed E-state index contributed by atoms with van der Waals surface area (Å²) in [7, 11) is 3.25. The Labute approximate surface area is 200 Å². The predicted molar refractivity (Wildman–Crippen MR) is 135 cm³/mol. The summed E-state index contributed by atoms with van der Waals surface area (Å²) in [4.78, 5) is 15.7. The fourth-order valence-electron chi connectivity index (χ4n) is 4.02. The first-order valence-electron chi connectivity index (χ1n) is 11.1. The van der Waals surface area contributed by atoms with E-state index >= 15 is 0 Å². The van der Waals surface area contributed by atoms with Crippen LogP contribution in [0.4, 0.5) is 10.5 Å². The second kappa shape index (κ2) is 11.1. The molecule has 4 rings (SSSR count). The van der Waals surface area contributed by atoms with E-state index in [1.807, 2.05) is 108 Å². The maximum absolute atomic E-state index is 13.8. The van der Waals surface area contributed by atoms with E-state index in [1.165, 1.54) is 0 Å². The number of hydrogen-bond donors (Lipinski definition) is 1. The molecule has 0 radical (unpaired) electrons. The van der Waals surface area contributed by atoms with Crippen LogP contribution in [0.25, 0.3) is 0 Å². The van der Waals surface area contributed by atoms with Crippen LogP contribution < -0.4 is 14.8 Å². The first kappa shape index (κ1) is 22.9. The minimum absolute atomic E-state index is 0.225. The van der Waals surface area contributed by atoms with Gasteiger partial charge in [-0.2, -0.15) is 0 Å². The van der Waals surface area contributed by atoms with Gasteiger partial charge in [-0.15, -0.1) is 0 Å². The molecule has 0 bridgehead atoms. The second-order valence-electron chi connectivity index (χ2n) is 7.83. The number of hydrogen-bond acceptors (Lipinski definition) is 3. The molecule has 0 heterocycles. The van der Waals surface area contributed by atoms with E-state index in [2.05, 4.69) is 5.32 Å². The molecular formula is C29H28N2O3. The quantitative estimate of drug-likeness (QED) is 0.331. The van der Waals surface area contributed by atoms with Crippen molar-refractivity contribution in [3.63, 3.8) is 0 Å². The highest BCUT2D eigenvalue weighted by atomic mass is 16.5. The Bertz CT molecular complexity index is 1170. The van der Waals surface area contributed by atoms with Gasteiger partial charge in [-0.05, 0) is 29.3 Å². The molecular weight excluding hydrogens is 424 g/mol.